The van der Waals surface area contributed by atoms with Crippen LogP contribution < -0.4 is 10.6 Å². The molecule has 1 aliphatic heterocycles. The van der Waals surface area contributed by atoms with Gasteiger partial charge in [0.1, 0.15) is 0 Å². The third-order valence-electron chi connectivity index (χ3n) is 3.45. The molecule has 0 bridgehead atoms. The Balaban J connectivity index is 2.06. The molecule has 4 nitrogen and oxygen atoms in total. The van der Waals surface area contributed by atoms with Gasteiger partial charge in [-0.15, -0.1) is 0 Å². The molecular formula is C16H13Cl2N3O. The lowest BCUT2D eigenvalue weighted by atomic mass is 10.1. The summed E-state index contributed by atoms with van der Waals surface area (Å²) in [4.78, 5) is 18.8. The van der Waals surface area contributed by atoms with Crippen LogP contribution in [0.15, 0.2) is 41.4 Å². The number of nitrogen functional groups attached to an aromatic ring is 1. The van der Waals surface area contributed by atoms with Gasteiger partial charge in [0.2, 0.25) is 0 Å². The first kappa shape index (κ1) is 14.9. The SMILES string of the molecule is Nc1ccc2c(c1)C=NCCN2C(=O)c1cccc(Cl)c1Cl. The van der Waals surface area contributed by atoms with E-state index < -0.39 is 0 Å². The molecular weight excluding hydrogens is 321 g/mol. The number of anilines is 2. The fourth-order valence-electron chi connectivity index (χ4n) is 2.39. The smallest absolute Gasteiger partial charge is 0.259 e. The summed E-state index contributed by atoms with van der Waals surface area (Å²) in [6.45, 7) is 0.980. The summed E-state index contributed by atoms with van der Waals surface area (Å²) >= 11 is 12.2. The topological polar surface area (TPSA) is 58.7 Å². The largest absolute Gasteiger partial charge is 0.399 e. The van der Waals surface area contributed by atoms with Gasteiger partial charge < -0.3 is 10.6 Å². The fraction of sp³-hybridized carbons (Fsp3) is 0.125. The predicted molar refractivity (Wildman–Crippen MR) is 91.5 cm³/mol. The molecule has 1 amide bonds. The highest BCUT2D eigenvalue weighted by Gasteiger charge is 2.23. The standard InChI is InChI=1S/C16H13Cl2N3O/c17-13-3-1-2-12(15(13)18)16(22)21-7-6-20-9-10-8-11(19)4-5-14(10)21/h1-5,8-9H,6-7,19H2. The minimum absolute atomic E-state index is 0.205. The molecule has 3 rings (SSSR count). The molecule has 1 aliphatic rings. The number of fused-ring (bicyclic) bond motifs is 1. The van der Waals surface area contributed by atoms with Crippen LogP contribution in [0.25, 0.3) is 0 Å². The number of amides is 1. The van der Waals surface area contributed by atoms with E-state index in [-0.39, 0.29) is 10.9 Å². The molecule has 0 aliphatic carbocycles. The van der Waals surface area contributed by atoms with E-state index in [1.165, 1.54) is 0 Å². The van der Waals surface area contributed by atoms with E-state index >= 15 is 0 Å². The number of halogens is 2. The van der Waals surface area contributed by atoms with Crippen molar-refractivity contribution in [3.63, 3.8) is 0 Å². The third kappa shape index (κ3) is 2.67. The van der Waals surface area contributed by atoms with Crippen molar-refractivity contribution < 1.29 is 4.79 Å². The summed E-state index contributed by atoms with van der Waals surface area (Å²) < 4.78 is 0. The molecule has 2 aromatic rings. The van der Waals surface area contributed by atoms with Crippen LogP contribution in [0.3, 0.4) is 0 Å². The number of carbonyl (C=O) groups is 1. The molecule has 2 aromatic carbocycles. The van der Waals surface area contributed by atoms with Crippen molar-refractivity contribution in [1.82, 2.24) is 0 Å². The number of rotatable bonds is 1. The van der Waals surface area contributed by atoms with Crippen LogP contribution in [-0.4, -0.2) is 25.2 Å². The first-order valence-electron chi connectivity index (χ1n) is 6.73. The van der Waals surface area contributed by atoms with Crippen LogP contribution in [-0.2, 0) is 0 Å². The second-order valence-corrected chi connectivity index (χ2v) is 5.70. The van der Waals surface area contributed by atoms with E-state index in [1.54, 1.807) is 41.4 Å². The van der Waals surface area contributed by atoms with E-state index in [9.17, 15) is 4.79 Å². The number of benzene rings is 2. The highest BCUT2D eigenvalue weighted by atomic mass is 35.5. The molecule has 2 N–H and O–H groups in total. The normalized spacial score (nSPS) is 13.6. The molecule has 0 fully saturated rings. The Bertz CT molecular complexity index is 774. The van der Waals surface area contributed by atoms with Gasteiger partial charge in [0.25, 0.3) is 5.91 Å². The number of aliphatic imine (C=N–C) groups is 1. The first-order chi connectivity index (χ1) is 10.6. The number of hydrogen-bond acceptors (Lipinski definition) is 3. The van der Waals surface area contributed by atoms with Crippen molar-refractivity contribution in [2.24, 2.45) is 4.99 Å². The molecule has 0 spiro atoms. The van der Waals surface area contributed by atoms with Gasteiger partial charge in [0.15, 0.2) is 0 Å². The molecule has 6 heteroatoms. The van der Waals surface area contributed by atoms with Gasteiger partial charge in [-0.2, -0.15) is 0 Å². The maximum absolute atomic E-state index is 12.9. The summed E-state index contributed by atoms with van der Waals surface area (Å²) in [5, 5.41) is 0.618. The number of hydrogen-bond donors (Lipinski definition) is 1. The number of nitrogens with two attached hydrogens (primary N) is 1. The molecule has 1 heterocycles. The number of carbonyl (C=O) groups excluding carboxylic acids is 1. The van der Waals surface area contributed by atoms with Gasteiger partial charge in [-0.1, -0.05) is 29.3 Å². The molecule has 0 unspecified atom stereocenters. The molecule has 22 heavy (non-hydrogen) atoms. The Morgan fingerprint density at radius 1 is 1.23 bits per heavy atom. The Labute approximate surface area is 138 Å². The highest BCUT2D eigenvalue weighted by molar-refractivity contribution is 6.44. The van der Waals surface area contributed by atoms with Crippen LogP contribution in [0.4, 0.5) is 11.4 Å². The average Bonchev–Trinajstić information content (AvgIpc) is 2.71. The fourth-order valence-corrected chi connectivity index (χ4v) is 2.77. The van der Waals surface area contributed by atoms with Gasteiger partial charge in [-0.05, 0) is 30.3 Å². The number of benzodiazepines with no additional fused rings is 1. The van der Waals surface area contributed by atoms with Gasteiger partial charge in [-0.25, -0.2) is 0 Å². The van der Waals surface area contributed by atoms with E-state index in [4.69, 9.17) is 28.9 Å². The Morgan fingerprint density at radius 2 is 2.05 bits per heavy atom. The zero-order chi connectivity index (χ0) is 15.7. The monoisotopic (exact) mass is 333 g/mol. The molecule has 112 valence electrons. The number of nitrogens with zero attached hydrogens (tertiary/aromatic N) is 2. The predicted octanol–water partition coefficient (Wildman–Crippen LogP) is 3.65. The molecule has 0 aromatic heterocycles. The lowest BCUT2D eigenvalue weighted by Gasteiger charge is -2.23. The van der Waals surface area contributed by atoms with Crippen LogP contribution in [0.2, 0.25) is 10.0 Å². The van der Waals surface area contributed by atoms with Crippen molar-refractivity contribution in [2.75, 3.05) is 23.7 Å². The molecule has 0 radical (unpaired) electrons. The zero-order valence-corrected chi connectivity index (χ0v) is 13.1. The van der Waals surface area contributed by atoms with Crippen molar-refractivity contribution in [2.45, 2.75) is 0 Å². The summed E-state index contributed by atoms with van der Waals surface area (Å²) in [5.74, 6) is -0.205. The zero-order valence-electron chi connectivity index (χ0n) is 11.6. The first-order valence-corrected chi connectivity index (χ1v) is 7.49. The maximum atomic E-state index is 12.9. The quantitative estimate of drug-likeness (QED) is 0.809. The molecule has 0 saturated carbocycles. The Kier molecular flexibility index (Phi) is 4.05. The van der Waals surface area contributed by atoms with E-state index in [2.05, 4.69) is 4.99 Å². The van der Waals surface area contributed by atoms with Crippen molar-refractivity contribution >= 4 is 46.7 Å². The van der Waals surface area contributed by atoms with Gasteiger partial charge in [-0.3, -0.25) is 9.79 Å². The van der Waals surface area contributed by atoms with E-state index in [1.807, 2.05) is 6.07 Å². The average molecular weight is 334 g/mol. The third-order valence-corrected chi connectivity index (χ3v) is 4.27. The molecule has 0 saturated heterocycles. The van der Waals surface area contributed by atoms with Crippen LogP contribution >= 0.6 is 23.2 Å². The molecule has 0 atom stereocenters. The summed E-state index contributed by atoms with van der Waals surface area (Å²) in [7, 11) is 0. The second-order valence-electron chi connectivity index (χ2n) is 4.91. The lowest BCUT2D eigenvalue weighted by molar-refractivity contribution is 0.0988. The van der Waals surface area contributed by atoms with Gasteiger partial charge in [0, 0.05) is 24.0 Å². The Morgan fingerprint density at radius 3 is 2.86 bits per heavy atom. The lowest BCUT2D eigenvalue weighted by Crippen LogP contribution is -2.33. The Hall–Kier alpha value is -2.04. The van der Waals surface area contributed by atoms with Gasteiger partial charge >= 0.3 is 0 Å². The van der Waals surface area contributed by atoms with Gasteiger partial charge in [0.05, 0.1) is 27.8 Å². The summed E-state index contributed by atoms with van der Waals surface area (Å²) in [6.07, 6.45) is 1.73. The van der Waals surface area contributed by atoms with E-state index in [0.29, 0.717) is 29.4 Å². The second kappa shape index (κ2) is 5.99. The maximum Gasteiger partial charge on any atom is 0.259 e. The van der Waals surface area contributed by atoms with Crippen LogP contribution in [0, 0.1) is 0 Å². The van der Waals surface area contributed by atoms with Crippen molar-refractivity contribution in [3.8, 4) is 0 Å². The van der Waals surface area contributed by atoms with Crippen LogP contribution in [0.1, 0.15) is 15.9 Å². The van der Waals surface area contributed by atoms with Crippen molar-refractivity contribution in [1.29, 1.82) is 0 Å². The minimum Gasteiger partial charge on any atom is -0.399 e. The summed E-state index contributed by atoms with van der Waals surface area (Å²) in [6, 6.07) is 10.4. The van der Waals surface area contributed by atoms with E-state index in [0.717, 1.165) is 11.3 Å². The highest BCUT2D eigenvalue weighted by Crippen LogP contribution is 2.30. The minimum atomic E-state index is -0.205. The van der Waals surface area contributed by atoms with Crippen LogP contribution in [0.5, 0.6) is 0 Å². The van der Waals surface area contributed by atoms with Crippen molar-refractivity contribution in [3.05, 3.63) is 57.6 Å². The summed E-state index contributed by atoms with van der Waals surface area (Å²) in [5.41, 5.74) is 8.37.